The summed E-state index contributed by atoms with van der Waals surface area (Å²) in [5.41, 5.74) is 1.51. The Bertz CT molecular complexity index is 589. The van der Waals surface area contributed by atoms with Gasteiger partial charge in [0, 0.05) is 30.9 Å². The molecular weight excluding hydrogens is 314 g/mol. The normalized spacial score (nSPS) is 18.2. The number of benzene rings is 1. The van der Waals surface area contributed by atoms with E-state index < -0.39 is 0 Å². The monoisotopic (exact) mass is 343 g/mol. The molecule has 0 spiro atoms. The summed E-state index contributed by atoms with van der Waals surface area (Å²) in [7, 11) is 0. The van der Waals surface area contributed by atoms with Crippen LogP contribution in [0, 0.1) is 5.92 Å². The van der Waals surface area contributed by atoms with E-state index in [1.165, 1.54) is 51.9 Å². The van der Waals surface area contributed by atoms with Crippen molar-refractivity contribution in [3.05, 3.63) is 24.3 Å². The average Bonchev–Trinajstić information content (AvgIpc) is 3.41. The van der Waals surface area contributed by atoms with Gasteiger partial charge in [0.2, 0.25) is 11.8 Å². The molecule has 0 atom stereocenters. The number of nitrogens with zero attached hydrogens (tertiary/aromatic N) is 1. The lowest BCUT2D eigenvalue weighted by Gasteiger charge is -2.29. The molecule has 2 amide bonds. The van der Waals surface area contributed by atoms with Crippen LogP contribution in [0.5, 0.6) is 0 Å². The molecule has 2 aliphatic rings. The Labute approximate surface area is 150 Å². The van der Waals surface area contributed by atoms with Crippen LogP contribution in [-0.4, -0.2) is 35.8 Å². The highest BCUT2D eigenvalue weighted by Gasteiger charge is 2.32. The summed E-state index contributed by atoms with van der Waals surface area (Å²) in [6.07, 6.45) is 9.14. The zero-order valence-corrected chi connectivity index (χ0v) is 15.1. The Kier molecular flexibility index (Phi) is 6.08. The largest absolute Gasteiger partial charge is 0.326 e. The predicted octanol–water partition coefficient (Wildman–Crippen LogP) is 3.63. The standard InChI is InChI=1S/C20H29N3O2/c1-15(24)21-17-7-9-18(10-8-17)22-20(25)14-23(19-11-12-19)13-16-5-3-2-4-6-16/h7-10,16,19H,2-6,11-14H2,1H3,(H,21,24)(H,22,25). The molecule has 0 unspecified atom stereocenters. The maximum Gasteiger partial charge on any atom is 0.238 e. The molecule has 5 heteroatoms. The van der Waals surface area contributed by atoms with Crippen molar-refractivity contribution in [3.63, 3.8) is 0 Å². The van der Waals surface area contributed by atoms with E-state index in [2.05, 4.69) is 15.5 Å². The van der Waals surface area contributed by atoms with Gasteiger partial charge in [-0.3, -0.25) is 14.5 Å². The summed E-state index contributed by atoms with van der Waals surface area (Å²) in [6.45, 7) is 3.03. The number of hydrogen-bond acceptors (Lipinski definition) is 3. The highest BCUT2D eigenvalue weighted by atomic mass is 16.2. The molecule has 3 rings (SSSR count). The Balaban J connectivity index is 1.50. The van der Waals surface area contributed by atoms with E-state index >= 15 is 0 Å². The molecular formula is C20H29N3O2. The fourth-order valence-electron chi connectivity index (χ4n) is 3.71. The van der Waals surface area contributed by atoms with Crippen molar-refractivity contribution in [2.75, 3.05) is 23.7 Å². The molecule has 0 aliphatic heterocycles. The second-order valence-electron chi connectivity index (χ2n) is 7.47. The summed E-state index contributed by atoms with van der Waals surface area (Å²) in [6, 6.07) is 7.86. The van der Waals surface area contributed by atoms with Gasteiger partial charge >= 0.3 is 0 Å². The third-order valence-corrected chi connectivity index (χ3v) is 5.12. The fraction of sp³-hybridized carbons (Fsp3) is 0.600. The van der Waals surface area contributed by atoms with Crippen molar-refractivity contribution in [3.8, 4) is 0 Å². The van der Waals surface area contributed by atoms with Crippen molar-refractivity contribution in [1.82, 2.24) is 4.90 Å². The summed E-state index contributed by atoms with van der Waals surface area (Å²) in [5, 5.41) is 5.71. The fourth-order valence-corrected chi connectivity index (χ4v) is 3.71. The third-order valence-electron chi connectivity index (χ3n) is 5.12. The lowest BCUT2D eigenvalue weighted by Crippen LogP contribution is -2.38. The van der Waals surface area contributed by atoms with Gasteiger partial charge in [-0.1, -0.05) is 19.3 Å². The van der Waals surface area contributed by atoms with E-state index in [0.29, 0.717) is 12.6 Å². The minimum Gasteiger partial charge on any atom is -0.326 e. The molecule has 2 aliphatic carbocycles. The van der Waals surface area contributed by atoms with Gasteiger partial charge in [-0.05, 0) is 55.9 Å². The van der Waals surface area contributed by atoms with Crippen LogP contribution in [0.4, 0.5) is 11.4 Å². The van der Waals surface area contributed by atoms with Gasteiger partial charge < -0.3 is 10.6 Å². The molecule has 0 bridgehead atoms. The van der Waals surface area contributed by atoms with E-state index in [-0.39, 0.29) is 11.8 Å². The lowest BCUT2D eigenvalue weighted by molar-refractivity contribution is -0.117. The molecule has 5 nitrogen and oxygen atoms in total. The minimum atomic E-state index is -0.0976. The summed E-state index contributed by atoms with van der Waals surface area (Å²) in [5.74, 6) is 0.716. The first-order valence-electron chi connectivity index (χ1n) is 9.52. The number of nitrogens with one attached hydrogen (secondary N) is 2. The first-order valence-corrected chi connectivity index (χ1v) is 9.52. The molecule has 136 valence electrons. The van der Waals surface area contributed by atoms with Crippen molar-refractivity contribution >= 4 is 23.2 Å². The molecule has 0 radical (unpaired) electrons. The molecule has 25 heavy (non-hydrogen) atoms. The molecule has 0 saturated heterocycles. The second kappa shape index (κ2) is 8.48. The highest BCUT2D eigenvalue weighted by molar-refractivity contribution is 5.93. The van der Waals surface area contributed by atoms with Gasteiger partial charge in [0.15, 0.2) is 0 Å². The number of amides is 2. The zero-order valence-electron chi connectivity index (χ0n) is 15.1. The topological polar surface area (TPSA) is 61.4 Å². The smallest absolute Gasteiger partial charge is 0.238 e. The van der Waals surface area contributed by atoms with Gasteiger partial charge in [-0.2, -0.15) is 0 Å². The third kappa shape index (κ3) is 5.85. The zero-order chi connectivity index (χ0) is 17.6. The first kappa shape index (κ1) is 17.9. The average molecular weight is 343 g/mol. The maximum absolute atomic E-state index is 12.4. The quantitative estimate of drug-likeness (QED) is 0.795. The molecule has 0 heterocycles. The van der Waals surface area contributed by atoms with Crippen molar-refractivity contribution < 1.29 is 9.59 Å². The van der Waals surface area contributed by atoms with E-state index in [4.69, 9.17) is 0 Å². The first-order chi connectivity index (χ1) is 12.1. The van der Waals surface area contributed by atoms with Crippen LogP contribution in [0.15, 0.2) is 24.3 Å². The van der Waals surface area contributed by atoms with Crippen molar-refractivity contribution in [2.24, 2.45) is 5.92 Å². The van der Waals surface area contributed by atoms with E-state index in [0.717, 1.165) is 23.8 Å². The Hall–Kier alpha value is -1.88. The van der Waals surface area contributed by atoms with Crippen LogP contribution in [0.3, 0.4) is 0 Å². The van der Waals surface area contributed by atoms with E-state index in [1.54, 1.807) is 12.1 Å². The molecule has 0 aromatic heterocycles. The molecule has 2 saturated carbocycles. The van der Waals surface area contributed by atoms with Crippen molar-refractivity contribution in [2.45, 2.75) is 57.9 Å². The summed E-state index contributed by atoms with van der Waals surface area (Å²) < 4.78 is 0. The predicted molar refractivity (Wildman–Crippen MR) is 101 cm³/mol. The molecule has 2 N–H and O–H groups in total. The second-order valence-corrected chi connectivity index (χ2v) is 7.47. The summed E-state index contributed by atoms with van der Waals surface area (Å²) in [4.78, 5) is 25.9. The molecule has 1 aromatic carbocycles. The number of anilines is 2. The summed E-state index contributed by atoms with van der Waals surface area (Å²) >= 11 is 0. The van der Waals surface area contributed by atoms with E-state index in [9.17, 15) is 9.59 Å². The Morgan fingerprint density at radius 1 is 0.960 bits per heavy atom. The highest BCUT2D eigenvalue weighted by Crippen LogP contribution is 2.31. The van der Waals surface area contributed by atoms with Gasteiger partial charge in [-0.15, -0.1) is 0 Å². The SMILES string of the molecule is CC(=O)Nc1ccc(NC(=O)CN(CC2CCCCC2)C2CC2)cc1. The van der Waals surface area contributed by atoms with E-state index in [1.807, 2.05) is 12.1 Å². The van der Waals surface area contributed by atoms with Crippen LogP contribution in [0.2, 0.25) is 0 Å². The number of rotatable bonds is 7. The van der Waals surface area contributed by atoms with Crippen LogP contribution in [0.25, 0.3) is 0 Å². The number of carbonyl (C=O) groups excluding carboxylic acids is 2. The van der Waals surface area contributed by atoms with Crippen LogP contribution < -0.4 is 10.6 Å². The lowest BCUT2D eigenvalue weighted by atomic mass is 9.89. The van der Waals surface area contributed by atoms with Crippen molar-refractivity contribution in [1.29, 1.82) is 0 Å². The van der Waals surface area contributed by atoms with Crippen LogP contribution >= 0.6 is 0 Å². The van der Waals surface area contributed by atoms with Gasteiger partial charge in [0.05, 0.1) is 6.54 Å². The number of carbonyl (C=O) groups is 2. The van der Waals surface area contributed by atoms with Crippen LogP contribution in [0.1, 0.15) is 51.9 Å². The van der Waals surface area contributed by atoms with Gasteiger partial charge in [-0.25, -0.2) is 0 Å². The molecule has 1 aromatic rings. The van der Waals surface area contributed by atoms with Gasteiger partial charge in [0.1, 0.15) is 0 Å². The minimum absolute atomic E-state index is 0.0509. The molecule has 2 fully saturated rings. The Morgan fingerprint density at radius 3 is 2.12 bits per heavy atom. The maximum atomic E-state index is 12.4. The number of hydrogen-bond donors (Lipinski definition) is 2. The Morgan fingerprint density at radius 2 is 1.56 bits per heavy atom. The van der Waals surface area contributed by atoms with Gasteiger partial charge in [0.25, 0.3) is 0 Å². The van der Waals surface area contributed by atoms with Crippen LogP contribution in [-0.2, 0) is 9.59 Å².